The van der Waals surface area contributed by atoms with Gasteiger partial charge in [0.15, 0.2) is 5.78 Å². The minimum absolute atomic E-state index is 0.0437. The van der Waals surface area contributed by atoms with Crippen molar-refractivity contribution in [2.75, 3.05) is 0 Å². The number of phenolic OH excluding ortho intramolecular Hbond substituents is 1. The summed E-state index contributed by atoms with van der Waals surface area (Å²) >= 11 is 0. The third-order valence-corrected chi connectivity index (χ3v) is 8.30. The maximum Gasteiger partial charge on any atom is 0.308 e. The maximum absolute atomic E-state index is 13.3. The number of esters is 1. The Morgan fingerprint density at radius 3 is 1.80 bits per heavy atom. The zero-order valence-corrected chi connectivity index (χ0v) is 32.6. The fraction of sp³-hybridized carbons (Fsp3) is 0.525. The van der Waals surface area contributed by atoms with Gasteiger partial charge in [-0.05, 0) is 83.1 Å². The van der Waals surface area contributed by atoms with Gasteiger partial charge in [0.25, 0.3) is 0 Å². The Kier molecular flexibility index (Phi) is 17.8. The van der Waals surface area contributed by atoms with Gasteiger partial charge >= 0.3 is 5.97 Å². The van der Waals surface area contributed by atoms with Gasteiger partial charge in [-0.25, -0.2) is 0 Å². The van der Waals surface area contributed by atoms with Gasteiger partial charge in [-0.3, -0.25) is 33.6 Å². The van der Waals surface area contributed by atoms with Crippen molar-refractivity contribution >= 4 is 41.3 Å². The molecule has 0 aliphatic heterocycles. The highest BCUT2D eigenvalue weighted by molar-refractivity contribution is 5.97. The minimum Gasteiger partial charge on any atom is -0.508 e. The molecule has 296 valence electrons. The highest BCUT2D eigenvalue weighted by Crippen LogP contribution is 2.14. The highest BCUT2D eigenvalue weighted by Gasteiger charge is 2.32. The Hall–Kier alpha value is -5.27. The second-order valence-corrected chi connectivity index (χ2v) is 14.8. The number of carbonyl (C=O) groups is 7. The van der Waals surface area contributed by atoms with Crippen molar-refractivity contribution in [2.45, 2.75) is 130 Å². The van der Waals surface area contributed by atoms with Crippen LogP contribution in [0.15, 0.2) is 54.6 Å². The number of benzene rings is 2. The third-order valence-electron chi connectivity index (χ3n) is 8.30. The number of aryl methyl sites for hydroxylation is 1. The van der Waals surface area contributed by atoms with Gasteiger partial charge in [0.05, 0.1) is 12.5 Å². The summed E-state index contributed by atoms with van der Waals surface area (Å²) in [7, 11) is 0. The molecule has 54 heavy (non-hydrogen) atoms. The lowest BCUT2D eigenvalue weighted by atomic mass is 10.0. The number of rotatable bonds is 20. The van der Waals surface area contributed by atoms with E-state index >= 15 is 0 Å². The van der Waals surface area contributed by atoms with Gasteiger partial charge in [-0.2, -0.15) is 0 Å². The van der Waals surface area contributed by atoms with Gasteiger partial charge in [0, 0.05) is 19.8 Å². The second-order valence-electron chi connectivity index (χ2n) is 14.8. The zero-order valence-electron chi connectivity index (χ0n) is 32.6. The summed E-state index contributed by atoms with van der Waals surface area (Å²) in [6.45, 7) is 12.6. The quantitative estimate of drug-likeness (QED) is 0.0867. The van der Waals surface area contributed by atoms with Crippen molar-refractivity contribution in [3.05, 3.63) is 65.7 Å². The van der Waals surface area contributed by atoms with E-state index in [2.05, 4.69) is 26.6 Å². The van der Waals surface area contributed by atoms with Crippen LogP contribution in [0.5, 0.6) is 5.75 Å². The van der Waals surface area contributed by atoms with Gasteiger partial charge in [-0.1, -0.05) is 56.3 Å². The van der Waals surface area contributed by atoms with E-state index in [0.717, 1.165) is 18.4 Å². The van der Waals surface area contributed by atoms with Crippen LogP contribution in [0, 0.1) is 5.92 Å². The molecule has 0 heterocycles. The molecule has 0 bridgehead atoms. The van der Waals surface area contributed by atoms with E-state index in [1.54, 1.807) is 46.8 Å². The van der Waals surface area contributed by atoms with Crippen LogP contribution in [0.2, 0.25) is 0 Å². The number of Topliss-reactive ketones (excluding diaryl/α,β-unsaturated/α-hetero) is 1. The van der Waals surface area contributed by atoms with E-state index in [0.29, 0.717) is 12.0 Å². The Morgan fingerprint density at radius 2 is 1.24 bits per heavy atom. The molecule has 0 saturated heterocycles. The average molecular weight is 752 g/mol. The molecule has 0 spiro atoms. The molecule has 0 aliphatic rings. The number of phenols is 1. The molecule has 1 unspecified atom stereocenters. The molecule has 0 radical (unpaired) electrons. The molecule has 0 aromatic heterocycles. The molecule has 5 amide bonds. The minimum atomic E-state index is -1.17. The molecular weight excluding hydrogens is 694 g/mol. The molecule has 14 nitrogen and oxygen atoms in total. The number of hydrogen-bond acceptors (Lipinski definition) is 9. The fourth-order valence-corrected chi connectivity index (χ4v) is 5.42. The number of unbranched alkanes of at least 4 members (excludes halogenated alkanes) is 1. The zero-order chi connectivity index (χ0) is 40.6. The van der Waals surface area contributed by atoms with Crippen LogP contribution in [0.25, 0.3) is 0 Å². The molecular formula is C40H57N5O9. The van der Waals surface area contributed by atoms with Crippen molar-refractivity contribution in [1.29, 1.82) is 0 Å². The van der Waals surface area contributed by atoms with Crippen LogP contribution in [-0.4, -0.2) is 82.2 Å². The SMILES string of the molecule is CC(=O)N[C@@H](Cc1ccc(O)cc1)C(=O)N[C@H](C(=O)N[C@@H](C)C(=O)N[C@@H](C)C(=O)NC(CC(=O)OC(C)(C)C)C(=O)CCCCc1ccccc1)C(C)C. The molecule has 14 heteroatoms. The van der Waals surface area contributed by atoms with E-state index in [-0.39, 0.29) is 30.8 Å². The first-order valence-corrected chi connectivity index (χ1v) is 18.3. The predicted octanol–water partition coefficient (Wildman–Crippen LogP) is 2.79. The molecule has 0 saturated carbocycles. The molecule has 0 aliphatic carbocycles. The standard InChI is InChI=1S/C40H57N5O9/c1-24(2)35(45-38(52)32(43-27(5)46)22-29-18-20-30(47)21-19-29)39(53)42-25(3)36(50)41-26(4)37(51)44-31(23-34(49)54-40(6,7)8)33(48)17-13-12-16-28-14-10-9-11-15-28/h9-11,14-15,18-21,24-26,31-32,35,47H,12-13,16-17,22-23H2,1-8H3,(H,41,50)(H,42,53)(H,43,46)(H,44,51)(H,45,52)/t25-,26-,31?,32-,35-/m0/s1. The molecule has 2 aromatic carbocycles. The van der Waals surface area contributed by atoms with Crippen LogP contribution >= 0.6 is 0 Å². The summed E-state index contributed by atoms with van der Waals surface area (Å²) in [6.07, 6.45) is 1.89. The Balaban J connectivity index is 2.02. The molecule has 2 aromatic rings. The van der Waals surface area contributed by atoms with Crippen LogP contribution < -0.4 is 26.6 Å². The number of amides is 5. The summed E-state index contributed by atoms with van der Waals surface area (Å²) in [5.74, 6) is -4.54. The summed E-state index contributed by atoms with van der Waals surface area (Å²) in [5, 5.41) is 22.5. The molecule has 0 fully saturated rings. The van der Waals surface area contributed by atoms with Gasteiger partial charge in [-0.15, -0.1) is 0 Å². The van der Waals surface area contributed by atoms with Crippen molar-refractivity contribution in [3.8, 4) is 5.75 Å². The lowest BCUT2D eigenvalue weighted by Crippen LogP contribution is -2.59. The van der Waals surface area contributed by atoms with E-state index in [9.17, 15) is 38.7 Å². The molecule has 6 N–H and O–H groups in total. The summed E-state index contributed by atoms with van der Waals surface area (Å²) in [5.41, 5.74) is 1.00. The number of ether oxygens (including phenoxy) is 1. The summed E-state index contributed by atoms with van der Waals surface area (Å²) in [4.78, 5) is 90.7. The van der Waals surface area contributed by atoms with Crippen molar-refractivity contribution in [1.82, 2.24) is 26.6 Å². The first kappa shape index (κ1) is 44.9. The summed E-state index contributed by atoms with van der Waals surface area (Å²) in [6, 6.07) is 10.4. The van der Waals surface area contributed by atoms with Gasteiger partial charge in [0.1, 0.15) is 35.5 Å². The monoisotopic (exact) mass is 751 g/mol. The normalized spacial score (nSPS) is 14.0. The van der Waals surface area contributed by atoms with Crippen molar-refractivity contribution < 1.29 is 43.4 Å². The van der Waals surface area contributed by atoms with E-state index in [1.807, 2.05) is 30.3 Å². The Bertz CT molecular complexity index is 1590. The number of aromatic hydroxyl groups is 1. The lowest BCUT2D eigenvalue weighted by Gasteiger charge is -2.27. The van der Waals surface area contributed by atoms with E-state index in [1.165, 1.54) is 32.9 Å². The van der Waals surface area contributed by atoms with Crippen LogP contribution in [0.3, 0.4) is 0 Å². The predicted molar refractivity (Wildman–Crippen MR) is 203 cm³/mol. The van der Waals surface area contributed by atoms with Crippen molar-refractivity contribution in [3.63, 3.8) is 0 Å². The van der Waals surface area contributed by atoms with E-state index in [4.69, 9.17) is 4.74 Å². The third kappa shape index (κ3) is 16.6. The molecule has 2 rings (SSSR count). The Morgan fingerprint density at radius 1 is 0.667 bits per heavy atom. The number of ketones is 1. The Labute approximate surface area is 317 Å². The highest BCUT2D eigenvalue weighted by atomic mass is 16.6. The van der Waals surface area contributed by atoms with Crippen LogP contribution in [-0.2, 0) is 51.1 Å². The number of carbonyl (C=O) groups excluding carboxylic acids is 7. The smallest absolute Gasteiger partial charge is 0.308 e. The van der Waals surface area contributed by atoms with Crippen LogP contribution in [0.1, 0.15) is 92.2 Å². The topological polar surface area (TPSA) is 209 Å². The summed E-state index contributed by atoms with van der Waals surface area (Å²) < 4.78 is 5.39. The average Bonchev–Trinajstić information content (AvgIpc) is 3.08. The number of hydrogen-bond donors (Lipinski definition) is 6. The maximum atomic E-state index is 13.3. The van der Waals surface area contributed by atoms with Crippen LogP contribution in [0.4, 0.5) is 0 Å². The first-order chi connectivity index (χ1) is 25.2. The first-order valence-electron chi connectivity index (χ1n) is 18.3. The second kappa shape index (κ2) is 21.4. The van der Waals surface area contributed by atoms with Gasteiger partial charge in [0.2, 0.25) is 29.5 Å². The molecule has 5 atom stereocenters. The van der Waals surface area contributed by atoms with Crippen molar-refractivity contribution in [2.24, 2.45) is 5.92 Å². The van der Waals surface area contributed by atoms with Gasteiger partial charge < -0.3 is 36.4 Å². The largest absolute Gasteiger partial charge is 0.508 e. The lowest BCUT2D eigenvalue weighted by molar-refractivity contribution is -0.156. The van der Waals surface area contributed by atoms with E-state index < -0.39 is 77.2 Å². The number of nitrogens with one attached hydrogen (secondary N) is 5. The fourth-order valence-electron chi connectivity index (χ4n) is 5.42.